The number of anilines is 1. The Hall–Kier alpha value is -3.21. The summed E-state index contributed by atoms with van der Waals surface area (Å²) >= 11 is 0. The van der Waals surface area contributed by atoms with Gasteiger partial charge < -0.3 is 10.5 Å². The minimum Gasteiger partial charge on any atom is -0.457 e. The van der Waals surface area contributed by atoms with Crippen molar-refractivity contribution in [2.75, 3.05) is 5.73 Å². The molecule has 0 aliphatic carbocycles. The van der Waals surface area contributed by atoms with Crippen LogP contribution >= 0.6 is 0 Å². The van der Waals surface area contributed by atoms with E-state index < -0.39 is 23.2 Å². The molecule has 0 spiro atoms. The molecule has 2 N–H and O–H groups in total. The molecule has 0 fully saturated rings. The second kappa shape index (κ2) is 7.13. The monoisotopic (exact) mass is 339 g/mol. The van der Waals surface area contributed by atoms with E-state index in [-0.39, 0.29) is 12.2 Å². The highest BCUT2D eigenvalue weighted by molar-refractivity contribution is 5.90. The van der Waals surface area contributed by atoms with E-state index in [4.69, 9.17) is 10.5 Å². The summed E-state index contributed by atoms with van der Waals surface area (Å²) in [4.78, 5) is 12.0. The van der Waals surface area contributed by atoms with Crippen molar-refractivity contribution in [1.82, 2.24) is 0 Å². The first-order valence-corrected chi connectivity index (χ1v) is 7.61. The molecule has 5 heteroatoms. The maximum Gasteiger partial charge on any atom is 0.341 e. The lowest BCUT2D eigenvalue weighted by atomic mass is 10.0. The maximum atomic E-state index is 14.4. The molecule has 3 rings (SSSR count). The van der Waals surface area contributed by atoms with Crippen LogP contribution in [-0.2, 0) is 11.3 Å². The number of nitrogen functional groups attached to an aromatic ring is 1. The molecule has 3 nitrogen and oxygen atoms in total. The van der Waals surface area contributed by atoms with Gasteiger partial charge >= 0.3 is 5.97 Å². The van der Waals surface area contributed by atoms with Gasteiger partial charge in [-0.25, -0.2) is 13.6 Å². The maximum absolute atomic E-state index is 14.4. The lowest BCUT2D eigenvalue weighted by Gasteiger charge is -2.09. The fourth-order valence-corrected chi connectivity index (χ4v) is 2.39. The van der Waals surface area contributed by atoms with Crippen LogP contribution < -0.4 is 5.73 Å². The predicted octanol–water partition coefficient (Wildman–Crippen LogP) is 4.57. The van der Waals surface area contributed by atoms with Gasteiger partial charge in [0.2, 0.25) is 0 Å². The third kappa shape index (κ3) is 3.66. The van der Waals surface area contributed by atoms with E-state index in [1.165, 1.54) is 12.1 Å². The topological polar surface area (TPSA) is 52.3 Å². The molecule has 0 amide bonds. The molecule has 3 aromatic rings. The zero-order valence-electron chi connectivity index (χ0n) is 13.2. The van der Waals surface area contributed by atoms with E-state index in [9.17, 15) is 13.6 Å². The lowest BCUT2D eigenvalue weighted by molar-refractivity contribution is 0.0466. The standard InChI is InChI=1S/C20H15F2NO2/c21-18-16(14-6-8-15(23)9-7-14)10-11-17(19(18)22)20(24)25-12-13-4-2-1-3-5-13/h1-11H,12,23H2. The van der Waals surface area contributed by atoms with Crippen LogP contribution in [0.3, 0.4) is 0 Å². The van der Waals surface area contributed by atoms with Gasteiger partial charge in [-0.1, -0.05) is 48.5 Å². The van der Waals surface area contributed by atoms with Crippen LogP contribution in [0.4, 0.5) is 14.5 Å². The third-order valence-electron chi connectivity index (χ3n) is 3.74. The molecule has 25 heavy (non-hydrogen) atoms. The minimum atomic E-state index is -1.23. The number of carbonyl (C=O) groups is 1. The second-order valence-corrected chi connectivity index (χ2v) is 5.47. The highest BCUT2D eigenvalue weighted by atomic mass is 19.2. The summed E-state index contributed by atoms with van der Waals surface area (Å²) in [6.07, 6.45) is 0. The number of carbonyl (C=O) groups excluding carboxylic acids is 1. The van der Waals surface area contributed by atoms with Crippen LogP contribution in [0, 0.1) is 11.6 Å². The molecular weight excluding hydrogens is 324 g/mol. The predicted molar refractivity (Wildman–Crippen MR) is 91.8 cm³/mol. The number of benzene rings is 3. The summed E-state index contributed by atoms with van der Waals surface area (Å²) in [6, 6.07) is 17.9. The Morgan fingerprint density at radius 1 is 0.880 bits per heavy atom. The van der Waals surface area contributed by atoms with Crippen molar-refractivity contribution in [2.45, 2.75) is 6.61 Å². The van der Waals surface area contributed by atoms with Crippen molar-refractivity contribution in [2.24, 2.45) is 0 Å². The fourth-order valence-electron chi connectivity index (χ4n) is 2.39. The van der Waals surface area contributed by atoms with Crippen LogP contribution in [0.15, 0.2) is 66.7 Å². The number of ether oxygens (including phenoxy) is 1. The van der Waals surface area contributed by atoms with Crippen LogP contribution in [0.5, 0.6) is 0 Å². The molecule has 0 atom stereocenters. The van der Waals surface area contributed by atoms with Crippen molar-refractivity contribution < 1.29 is 18.3 Å². The number of rotatable bonds is 4. The number of hydrogen-bond donors (Lipinski definition) is 1. The summed E-state index contributed by atoms with van der Waals surface area (Å²) in [5.41, 5.74) is 6.95. The zero-order valence-corrected chi connectivity index (χ0v) is 13.2. The van der Waals surface area contributed by atoms with Gasteiger partial charge in [-0.15, -0.1) is 0 Å². The van der Waals surface area contributed by atoms with Gasteiger partial charge in [0.25, 0.3) is 0 Å². The summed E-state index contributed by atoms with van der Waals surface area (Å²) < 4.78 is 33.7. The molecule has 3 aromatic carbocycles. The minimum absolute atomic E-state index is 0.0134. The van der Waals surface area contributed by atoms with Gasteiger partial charge in [-0.3, -0.25) is 0 Å². The van der Waals surface area contributed by atoms with Crippen LogP contribution in [0.25, 0.3) is 11.1 Å². The third-order valence-corrected chi connectivity index (χ3v) is 3.74. The number of halogens is 2. The second-order valence-electron chi connectivity index (χ2n) is 5.47. The Balaban J connectivity index is 1.82. The first-order chi connectivity index (χ1) is 12.1. The van der Waals surface area contributed by atoms with Crippen LogP contribution in [0.2, 0.25) is 0 Å². The highest BCUT2D eigenvalue weighted by Crippen LogP contribution is 2.27. The largest absolute Gasteiger partial charge is 0.457 e. The highest BCUT2D eigenvalue weighted by Gasteiger charge is 2.20. The molecule has 0 saturated heterocycles. The first kappa shape index (κ1) is 16.6. The molecule has 0 aliphatic rings. The van der Waals surface area contributed by atoms with Crippen molar-refractivity contribution in [3.8, 4) is 11.1 Å². The van der Waals surface area contributed by atoms with Gasteiger partial charge in [-0.05, 0) is 29.3 Å². The summed E-state index contributed by atoms with van der Waals surface area (Å²) in [7, 11) is 0. The lowest BCUT2D eigenvalue weighted by Crippen LogP contribution is -2.09. The van der Waals surface area contributed by atoms with Crippen LogP contribution in [0.1, 0.15) is 15.9 Å². The fraction of sp³-hybridized carbons (Fsp3) is 0.0500. The van der Waals surface area contributed by atoms with Gasteiger partial charge in [0, 0.05) is 11.3 Å². The zero-order chi connectivity index (χ0) is 17.8. The Labute approximate surface area is 143 Å². The molecule has 0 bridgehead atoms. The molecule has 0 unspecified atom stereocenters. The molecule has 0 radical (unpaired) electrons. The van der Waals surface area contributed by atoms with Gasteiger partial charge in [0.15, 0.2) is 11.6 Å². The Bertz CT molecular complexity index is 894. The van der Waals surface area contributed by atoms with E-state index in [1.54, 1.807) is 48.5 Å². The Kier molecular flexibility index (Phi) is 4.75. The molecule has 0 aliphatic heterocycles. The average molecular weight is 339 g/mol. The molecule has 0 heterocycles. The van der Waals surface area contributed by atoms with Crippen molar-refractivity contribution in [1.29, 1.82) is 0 Å². The van der Waals surface area contributed by atoms with Gasteiger partial charge in [0.05, 0.1) is 5.56 Å². The van der Waals surface area contributed by atoms with Crippen molar-refractivity contribution in [3.63, 3.8) is 0 Å². The normalized spacial score (nSPS) is 10.5. The van der Waals surface area contributed by atoms with E-state index in [2.05, 4.69) is 0 Å². The van der Waals surface area contributed by atoms with Gasteiger partial charge in [0.1, 0.15) is 6.61 Å². The Morgan fingerprint density at radius 2 is 1.56 bits per heavy atom. The molecule has 126 valence electrons. The number of hydrogen-bond acceptors (Lipinski definition) is 3. The van der Waals surface area contributed by atoms with Crippen molar-refractivity contribution >= 4 is 11.7 Å². The van der Waals surface area contributed by atoms with Crippen molar-refractivity contribution in [3.05, 3.63) is 89.5 Å². The number of nitrogens with two attached hydrogens (primary N) is 1. The molecule has 0 aromatic heterocycles. The van der Waals surface area contributed by atoms with E-state index >= 15 is 0 Å². The first-order valence-electron chi connectivity index (χ1n) is 7.61. The summed E-state index contributed by atoms with van der Waals surface area (Å²) in [5, 5.41) is 0. The van der Waals surface area contributed by atoms with Crippen LogP contribution in [-0.4, -0.2) is 5.97 Å². The Morgan fingerprint density at radius 3 is 2.24 bits per heavy atom. The van der Waals surface area contributed by atoms with E-state index in [1.807, 2.05) is 6.07 Å². The number of esters is 1. The average Bonchev–Trinajstić information content (AvgIpc) is 2.64. The SMILES string of the molecule is Nc1ccc(-c2ccc(C(=O)OCc3ccccc3)c(F)c2F)cc1. The van der Waals surface area contributed by atoms with E-state index in [0.717, 1.165) is 5.56 Å². The molecular formula is C20H15F2NO2. The van der Waals surface area contributed by atoms with E-state index in [0.29, 0.717) is 11.3 Å². The summed E-state index contributed by atoms with van der Waals surface area (Å²) in [6.45, 7) is -0.0134. The molecule has 0 saturated carbocycles. The summed E-state index contributed by atoms with van der Waals surface area (Å²) in [5.74, 6) is -3.24. The smallest absolute Gasteiger partial charge is 0.341 e. The van der Waals surface area contributed by atoms with Gasteiger partial charge in [-0.2, -0.15) is 0 Å². The quantitative estimate of drug-likeness (QED) is 0.559.